The molecule has 4 N–H and O–H groups in total. The van der Waals surface area contributed by atoms with Crippen LogP contribution in [0.1, 0.15) is 32.6 Å². The van der Waals surface area contributed by atoms with Crippen LogP contribution in [0.2, 0.25) is 0 Å². The number of hydrogen-bond acceptors (Lipinski definition) is 6. The molecule has 1 fully saturated rings. The summed E-state index contributed by atoms with van der Waals surface area (Å²) in [5, 5.41) is 12.4. The molecule has 1 saturated heterocycles. The third-order valence-electron chi connectivity index (χ3n) is 3.40. The minimum atomic E-state index is -0.819. The zero-order valence-corrected chi connectivity index (χ0v) is 11.7. The van der Waals surface area contributed by atoms with Crippen molar-refractivity contribution in [3.05, 3.63) is 6.07 Å². The summed E-state index contributed by atoms with van der Waals surface area (Å²) in [6, 6.07) is 1.25. The van der Waals surface area contributed by atoms with Crippen molar-refractivity contribution in [3.63, 3.8) is 0 Å². The number of aromatic nitrogens is 2. The second kappa shape index (κ2) is 6.40. The molecule has 1 aliphatic rings. The summed E-state index contributed by atoms with van der Waals surface area (Å²) in [7, 11) is 0. The molecule has 1 aliphatic heterocycles. The van der Waals surface area contributed by atoms with Crippen molar-refractivity contribution in [2.24, 2.45) is 0 Å². The number of nitrogens with zero attached hydrogens (tertiary/aromatic N) is 3. The van der Waals surface area contributed by atoms with Crippen LogP contribution in [0.3, 0.4) is 0 Å². The topological polar surface area (TPSA) is 104 Å². The molecule has 0 bridgehead atoms. The largest absolute Gasteiger partial charge is 0.480 e. The third-order valence-corrected chi connectivity index (χ3v) is 3.40. The summed E-state index contributed by atoms with van der Waals surface area (Å²) in [4.78, 5) is 21.3. The predicted molar refractivity (Wildman–Crippen MR) is 77.8 cm³/mol. The molecule has 0 saturated carbocycles. The van der Waals surface area contributed by atoms with Crippen molar-refractivity contribution in [2.45, 2.75) is 38.6 Å². The highest BCUT2D eigenvalue weighted by Crippen LogP contribution is 2.26. The van der Waals surface area contributed by atoms with Gasteiger partial charge in [0, 0.05) is 19.2 Å². The van der Waals surface area contributed by atoms with E-state index in [1.54, 1.807) is 11.0 Å². The summed E-state index contributed by atoms with van der Waals surface area (Å²) in [6.07, 6.45) is 3.62. The quantitative estimate of drug-likeness (QED) is 0.674. The van der Waals surface area contributed by atoms with Gasteiger partial charge in [-0.25, -0.2) is 4.79 Å². The van der Waals surface area contributed by atoms with Crippen LogP contribution in [0.5, 0.6) is 0 Å². The van der Waals surface area contributed by atoms with Gasteiger partial charge in [-0.15, -0.1) is 0 Å². The van der Waals surface area contributed by atoms with E-state index < -0.39 is 12.0 Å². The van der Waals surface area contributed by atoms with Gasteiger partial charge in [0.25, 0.3) is 0 Å². The standard InChI is InChI=1S/C13H21N5O2/c1-2-3-6-15-10-8-11(17-13(14)16-10)18-7-4-5-9(18)12(19)20/h8-9H,2-7H2,1H3,(H,19,20)(H3,14,15,16,17). The fourth-order valence-corrected chi connectivity index (χ4v) is 2.38. The number of carboxylic acid groups (broad SMARTS) is 1. The van der Waals surface area contributed by atoms with Crippen LogP contribution in [-0.2, 0) is 4.79 Å². The van der Waals surface area contributed by atoms with Gasteiger partial charge in [-0.2, -0.15) is 9.97 Å². The maximum absolute atomic E-state index is 11.2. The van der Waals surface area contributed by atoms with E-state index >= 15 is 0 Å². The Hall–Kier alpha value is -2.05. The molecule has 1 aromatic heterocycles. The molecule has 2 rings (SSSR count). The second-order valence-corrected chi connectivity index (χ2v) is 4.94. The van der Waals surface area contributed by atoms with Crippen LogP contribution < -0.4 is 16.0 Å². The van der Waals surface area contributed by atoms with E-state index in [9.17, 15) is 9.90 Å². The Morgan fingerprint density at radius 1 is 1.60 bits per heavy atom. The number of aliphatic carboxylic acids is 1. The van der Waals surface area contributed by atoms with Gasteiger partial charge < -0.3 is 21.1 Å². The third kappa shape index (κ3) is 3.28. The fourth-order valence-electron chi connectivity index (χ4n) is 2.38. The van der Waals surface area contributed by atoms with E-state index in [0.29, 0.717) is 24.6 Å². The monoisotopic (exact) mass is 279 g/mol. The number of hydrogen-bond donors (Lipinski definition) is 3. The Kier molecular flexibility index (Phi) is 4.60. The van der Waals surface area contributed by atoms with Crippen molar-refractivity contribution in [3.8, 4) is 0 Å². The van der Waals surface area contributed by atoms with Gasteiger partial charge in [-0.3, -0.25) is 0 Å². The van der Waals surface area contributed by atoms with E-state index in [0.717, 1.165) is 25.8 Å². The number of unbranched alkanes of at least 4 members (excludes halogenated alkanes) is 1. The summed E-state index contributed by atoms with van der Waals surface area (Å²) in [5.74, 6) is 0.580. The zero-order valence-electron chi connectivity index (χ0n) is 11.7. The van der Waals surface area contributed by atoms with Crippen LogP contribution in [0.15, 0.2) is 6.07 Å². The van der Waals surface area contributed by atoms with Crippen molar-refractivity contribution in [2.75, 3.05) is 29.0 Å². The highest BCUT2D eigenvalue weighted by molar-refractivity contribution is 5.78. The first kappa shape index (κ1) is 14.4. The number of carboxylic acids is 1. The fraction of sp³-hybridized carbons (Fsp3) is 0.615. The van der Waals surface area contributed by atoms with Gasteiger partial charge in [0.05, 0.1) is 0 Å². The molecule has 1 aromatic rings. The first-order chi connectivity index (χ1) is 9.61. The molecular formula is C13H21N5O2. The van der Waals surface area contributed by atoms with Gasteiger partial charge in [-0.1, -0.05) is 13.3 Å². The normalized spacial score (nSPS) is 18.2. The summed E-state index contributed by atoms with van der Waals surface area (Å²) < 4.78 is 0. The summed E-state index contributed by atoms with van der Waals surface area (Å²) >= 11 is 0. The molecule has 7 nitrogen and oxygen atoms in total. The number of anilines is 3. The number of nitrogens with one attached hydrogen (secondary N) is 1. The molecule has 1 unspecified atom stereocenters. The lowest BCUT2D eigenvalue weighted by Crippen LogP contribution is -2.36. The average molecular weight is 279 g/mol. The molecular weight excluding hydrogens is 258 g/mol. The predicted octanol–water partition coefficient (Wildman–Crippen LogP) is 1.32. The van der Waals surface area contributed by atoms with Crippen LogP contribution in [-0.4, -0.2) is 40.2 Å². The van der Waals surface area contributed by atoms with Crippen molar-refractivity contribution in [1.82, 2.24) is 9.97 Å². The van der Waals surface area contributed by atoms with Crippen molar-refractivity contribution < 1.29 is 9.90 Å². The molecule has 0 amide bonds. The average Bonchev–Trinajstić information content (AvgIpc) is 2.87. The van der Waals surface area contributed by atoms with Crippen LogP contribution in [0.4, 0.5) is 17.6 Å². The van der Waals surface area contributed by atoms with Gasteiger partial charge in [-0.05, 0) is 19.3 Å². The molecule has 0 aromatic carbocycles. The van der Waals surface area contributed by atoms with Crippen LogP contribution in [0, 0.1) is 0 Å². The molecule has 7 heteroatoms. The molecule has 20 heavy (non-hydrogen) atoms. The lowest BCUT2D eigenvalue weighted by Gasteiger charge is -2.23. The van der Waals surface area contributed by atoms with E-state index in [1.807, 2.05) is 0 Å². The molecule has 1 atom stereocenters. The Bertz CT molecular complexity index is 480. The Labute approximate surface area is 118 Å². The van der Waals surface area contributed by atoms with Gasteiger partial charge in [0.15, 0.2) is 0 Å². The Morgan fingerprint density at radius 2 is 2.40 bits per heavy atom. The van der Waals surface area contributed by atoms with E-state index in [4.69, 9.17) is 5.73 Å². The van der Waals surface area contributed by atoms with Crippen molar-refractivity contribution >= 4 is 23.6 Å². The van der Waals surface area contributed by atoms with Gasteiger partial charge >= 0.3 is 5.97 Å². The lowest BCUT2D eigenvalue weighted by atomic mass is 10.2. The van der Waals surface area contributed by atoms with E-state index in [1.165, 1.54) is 0 Å². The van der Waals surface area contributed by atoms with Gasteiger partial charge in [0.1, 0.15) is 17.7 Å². The number of nitrogen functional groups attached to an aromatic ring is 1. The first-order valence-corrected chi connectivity index (χ1v) is 6.99. The minimum Gasteiger partial charge on any atom is -0.480 e. The smallest absolute Gasteiger partial charge is 0.326 e. The maximum Gasteiger partial charge on any atom is 0.326 e. The maximum atomic E-state index is 11.2. The molecule has 0 radical (unpaired) electrons. The molecule has 0 spiro atoms. The Balaban J connectivity index is 2.16. The summed E-state index contributed by atoms with van der Waals surface area (Å²) in [5.41, 5.74) is 5.72. The molecule has 0 aliphatic carbocycles. The van der Waals surface area contributed by atoms with Crippen LogP contribution >= 0.6 is 0 Å². The van der Waals surface area contributed by atoms with Gasteiger partial charge in [0.2, 0.25) is 5.95 Å². The molecule has 2 heterocycles. The lowest BCUT2D eigenvalue weighted by molar-refractivity contribution is -0.138. The Morgan fingerprint density at radius 3 is 3.10 bits per heavy atom. The number of nitrogens with two attached hydrogens (primary N) is 1. The number of carbonyl (C=O) groups is 1. The van der Waals surface area contributed by atoms with Crippen molar-refractivity contribution in [1.29, 1.82) is 0 Å². The highest BCUT2D eigenvalue weighted by Gasteiger charge is 2.31. The van der Waals surface area contributed by atoms with E-state index in [2.05, 4.69) is 22.2 Å². The molecule has 110 valence electrons. The second-order valence-electron chi connectivity index (χ2n) is 4.94. The SMILES string of the molecule is CCCCNc1cc(N2CCCC2C(=O)O)nc(N)n1. The van der Waals surface area contributed by atoms with E-state index in [-0.39, 0.29) is 5.95 Å². The summed E-state index contributed by atoms with van der Waals surface area (Å²) in [6.45, 7) is 3.61. The first-order valence-electron chi connectivity index (χ1n) is 6.99. The zero-order chi connectivity index (χ0) is 14.5. The highest BCUT2D eigenvalue weighted by atomic mass is 16.4. The number of rotatable bonds is 6. The minimum absolute atomic E-state index is 0.164. The van der Waals surface area contributed by atoms with Crippen LogP contribution in [0.25, 0.3) is 0 Å².